The number of benzene rings is 3. The molecule has 174 valence electrons. The Bertz CT molecular complexity index is 1350. The van der Waals surface area contributed by atoms with Gasteiger partial charge in [-0.15, -0.1) is 0 Å². The lowest BCUT2D eigenvalue weighted by molar-refractivity contribution is -0.143. The maximum absolute atomic E-state index is 14.0. The fourth-order valence-electron chi connectivity index (χ4n) is 4.60. The first-order chi connectivity index (χ1) is 16.6. The number of H-pyrrole nitrogens is 1. The van der Waals surface area contributed by atoms with Crippen molar-refractivity contribution in [3.8, 4) is 11.5 Å². The van der Waals surface area contributed by atoms with Gasteiger partial charge in [0.25, 0.3) is 0 Å². The number of halogens is 1. The lowest BCUT2D eigenvalue weighted by Crippen LogP contribution is -2.45. The molecule has 6 nitrogen and oxygen atoms in total. The van der Waals surface area contributed by atoms with Crippen LogP contribution in [0.1, 0.15) is 28.4 Å². The van der Waals surface area contributed by atoms with Crippen LogP contribution in [-0.4, -0.2) is 31.2 Å². The number of rotatable bonds is 6. The third-order valence-corrected chi connectivity index (χ3v) is 6.25. The SMILES string of the molecule is COC(=O)[C@@H]1Cc2c([nH]c3ccccc23)[C@H](c2ccc(OC)c(COc3ccccc3F)c2)N1. The van der Waals surface area contributed by atoms with E-state index in [0.717, 1.165) is 33.3 Å². The summed E-state index contributed by atoms with van der Waals surface area (Å²) < 4.78 is 30.4. The summed E-state index contributed by atoms with van der Waals surface area (Å²) in [5, 5.41) is 4.53. The summed E-state index contributed by atoms with van der Waals surface area (Å²) in [5.41, 5.74) is 4.81. The molecule has 34 heavy (non-hydrogen) atoms. The molecule has 7 heteroatoms. The summed E-state index contributed by atoms with van der Waals surface area (Å²) in [5.74, 6) is 0.0828. The molecule has 1 aliphatic heterocycles. The highest BCUT2D eigenvalue weighted by Gasteiger charge is 2.34. The molecule has 0 bridgehead atoms. The topological polar surface area (TPSA) is 72.6 Å². The molecule has 1 aliphatic rings. The zero-order valence-corrected chi connectivity index (χ0v) is 18.9. The van der Waals surface area contributed by atoms with Crippen molar-refractivity contribution in [3.05, 3.63) is 94.9 Å². The summed E-state index contributed by atoms with van der Waals surface area (Å²) in [4.78, 5) is 16.0. The van der Waals surface area contributed by atoms with Crippen LogP contribution in [0, 0.1) is 5.82 Å². The van der Waals surface area contributed by atoms with Gasteiger partial charge in [-0.05, 0) is 41.5 Å². The number of esters is 1. The number of carbonyl (C=O) groups excluding carboxylic acids is 1. The normalized spacial score (nSPS) is 17.3. The predicted octanol–water partition coefficient (Wildman–Crippen LogP) is 4.67. The molecule has 2 atom stereocenters. The second kappa shape index (κ2) is 9.19. The smallest absolute Gasteiger partial charge is 0.323 e. The summed E-state index contributed by atoms with van der Waals surface area (Å²) >= 11 is 0. The highest BCUT2D eigenvalue weighted by molar-refractivity contribution is 5.87. The zero-order valence-electron chi connectivity index (χ0n) is 18.9. The van der Waals surface area contributed by atoms with Crippen LogP contribution in [-0.2, 0) is 22.6 Å². The van der Waals surface area contributed by atoms with Gasteiger partial charge in [-0.1, -0.05) is 36.4 Å². The number of carbonyl (C=O) groups is 1. The molecule has 0 fully saturated rings. The van der Waals surface area contributed by atoms with Crippen LogP contribution < -0.4 is 14.8 Å². The van der Waals surface area contributed by atoms with E-state index in [4.69, 9.17) is 14.2 Å². The maximum Gasteiger partial charge on any atom is 0.323 e. The van der Waals surface area contributed by atoms with Crippen LogP contribution >= 0.6 is 0 Å². The number of methoxy groups -OCH3 is 2. The molecule has 0 saturated carbocycles. The summed E-state index contributed by atoms with van der Waals surface area (Å²) in [6.45, 7) is 0.130. The van der Waals surface area contributed by atoms with Gasteiger partial charge in [0.2, 0.25) is 0 Å². The van der Waals surface area contributed by atoms with Crippen molar-refractivity contribution in [2.45, 2.75) is 25.1 Å². The molecule has 5 rings (SSSR count). The first kappa shape index (κ1) is 22.0. The molecule has 0 unspecified atom stereocenters. The van der Waals surface area contributed by atoms with Crippen LogP contribution in [0.3, 0.4) is 0 Å². The van der Waals surface area contributed by atoms with Crippen molar-refractivity contribution in [2.75, 3.05) is 14.2 Å². The Balaban J connectivity index is 1.54. The van der Waals surface area contributed by atoms with E-state index in [1.165, 1.54) is 13.2 Å². The molecule has 3 aromatic carbocycles. The van der Waals surface area contributed by atoms with Gasteiger partial charge in [0, 0.05) is 28.6 Å². The van der Waals surface area contributed by atoms with Crippen molar-refractivity contribution in [1.29, 1.82) is 0 Å². The van der Waals surface area contributed by atoms with Crippen LogP contribution in [0.15, 0.2) is 66.7 Å². The van der Waals surface area contributed by atoms with Gasteiger partial charge in [0.05, 0.1) is 20.3 Å². The van der Waals surface area contributed by atoms with E-state index in [9.17, 15) is 9.18 Å². The van der Waals surface area contributed by atoms with Gasteiger partial charge in [0.15, 0.2) is 11.6 Å². The largest absolute Gasteiger partial charge is 0.496 e. The van der Waals surface area contributed by atoms with E-state index < -0.39 is 11.9 Å². The molecular weight excluding hydrogens is 435 g/mol. The Morgan fingerprint density at radius 3 is 2.62 bits per heavy atom. The van der Waals surface area contributed by atoms with Crippen molar-refractivity contribution in [3.63, 3.8) is 0 Å². The van der Waals surface area contributed by atoms with Gasteiger partial charge in [0.1, 0.15) is 18.4 Å². The molecule has 1 aromatic heterocycles. The van der Waals surface area contributed by atoms with Crippen molar-refractivity contribution in [2.24, 2.45) is 0 Å². The summed E-state index contributed by atoms with van der Waals surface area (Å²) in [7, 11) is 2.98. The van der Waals surface area contributed by atoms with E-state index in [1.807, 2.05) is 36.4 Å². The van der Waals surface area contributed by atoms with Crippen molar-refractivity contribution < 1.29 is 23.4 Å². The number of aromatic amines is 1. The lowest BCUT2D eigenvalue weighted by atomic mass is 9.89. The number of aromatic nitrogens is 1. The molecule has 0 radical (unpaired) electrons. The van der Waals surface area contributed by atoms with Crippen molar-refractivity contribution >= 4 is 16.9 Å². The van der Waals surface area contributed by atoms with E-state index >= 15 is 0 Å². The lowest BCUT2D eigenvalue weighted by Gasteiger charge is -2.30. The van der Waals surface area contributed by atoms with Gasteiger partial charge in [-0.2, -0.15) is 0 Å². The molecule has 4 aromatic rings. The van der Waals surface area contributed by atoms with Crippen LogP contribution in [0.25, 0.3) is 10.9 Å². The number of para-hydroxylation sites is 2. The zero-order chi connectivity index (χ0) is 23.7. The average Bonchev–Trinajstić information content (AvgIpc) is 3.25. The predicted molar refractivity (Wildman–Crippen MR) is 127 cm³/mol. The Morgan fingerprint density at radius 2 is 1.82 bits per heavy atom. The molecule has 0 saturated heterocycles. The first-order valence-electron chi connectivity index (χ1n) is 11.1. The number of hydrogen-bond donors (Lipinski definition) is 2. The number of hydrogen-bond acceptors (Lipinski definition) is 5. The Labute approximate surface area is 196 Å². The maximum atomic E-state index is 14.0. The Kier molecular flexibility index (Phi) is 5.94. The fraction of sp³-hybridized carbons (Fsp3) is 0.222. The van der Waals surface area contributed by atoms with Gasteiger partial charge in [-0.3, -0.25) is 10.1 Å². The average molecular weight is 461 g/mol. The molecule has 0 aliphatic carbocycles. The molecule has 2 heterocycles. The van der Waals surface area contributed by atoms with E-state index in [2.05, 4.69) is 16.4 Å². The van der Waals surface area contributed by atoms with Gasteiger partial charge >= 0.3 is 5.97 Å². The van der Waals surface area contributed by atoms with Crippen LogP contribution in [0.2, 0.25) is 0 Å². The van der Waals surface area contributed by atoms with Gasteiger partial charge < -0.3 is 19.2 Å². The van der Waals surface area contributed by atoms with E-state index in [-0.39, 0.29) is 24.4 Å². The highest BCUT2D eigenvalue weighted by Crippen LogP contribution is 2.37. The molecular formula is C27H25FN2O4. The van der Waals surface area contributed by atoms with Crippen molar-refractivity contribution in [1.82, 2.24) is 10.3 Å². The minimum Gasteiger partial charge on any atom is -0.496 e. The summed E-state index contributed by atoms with van der Waals surface area (Å²) in [6, 6.07) is 19.4. The van der Waals surface area contributed by atoms with Gasteiger partial charge in [-0.25, -0.2) is 4.39 Å². The Hall–Kier alpha value is -3.84. The van der Waals surface area contributed by atoms with E-state index in [1.54, 1.807) is 25.3 Å². The minimum atomic E-state index is -0.484. The second-order valence-corrected chi connectivity index (χ2v) is 8.23. The quantitative estimate of drug-likeness (QED) is 0.409. The minimum absolute atomic E-state index is 0.130. The third-order valence-electron chi connectivity index (χ3n) is 6.25. The first-order valence-corrected chi connectivity index (χ1v) is 11.1. The number of fused-ring (bicyclic) bond motifs is 3. The standard InChI is InChI=1S/C27H25FN2O4/c1-32-23-12-11-16(13-17(23)15-34-24-10-6-4-8-20(24)28)25-26-19(14-22(30-25)27(31)33-2)18-7-3-5-9-21(18)29-26/h3-13,22,25,29-30H,14-15H2,1-2H3/t22-,25-/m0/s1. The van der Waals surface area contributed by atoms with E-state index in [0.29, 0.717) is 12.2 Å². The number of ether oxygens (including phenoxy) is 3. The Morgan fingerprint density at radius 1 is 1.03 bits per heavy atom. The highest BCUT2D eigenvalue weighted by atomic mass is 19.1. The number of nitrogens with one attached hydrogen (secondary N) is 2. The monoisotopic (exact) mass is 460 g/mol. The van der Waals surface area contributed by atoms with Crippen LogP contribution in [0.5, 0.6) is 11.5 Å². The van der Waals surface area contributed by atoms with Crippen LogP contribution in [0.4, 0.5) is 4.39 Å². The third kappa shape index (κ3) is 3.99. The molecule has 0 spiro atoms. The summed E-state index contributed by atoms with van der Waals surface area (Å²) in [6.07, 6.45) is 0.530. The molecule has 2 N–H and O–H groups in total. The fourth-order valence-corrected chi connectivity index (χ4v) is 4.60. The molecule has 0 amide bonds. The second-order valence-electron chi connectivity index (χ2n) is 8.23.